The summed E-state index contributed by atoms with van der Waals surface area (Å²) in [4.78, 5) is 35.2. The van der Waals surface area contributed by atoms with Crippen molar-refractivity contribution in [1.82, 2.24) is 10.6 Å². The van der Waals surface area contributed by atoms with Crippen LogP contribution in [0, 0.1) is 16.0 Å². The van der Waals surface area contributed by atoms with E-state index in [0.29, 0.717) is 23.7 Å². The predicted octanol–water partition coefficient (Wildman–Crippen LogP) is 3.67. The van der Waals surface area contributed by atoms with Gasteiger partial charge in [0.15, 0.2) is 5.76 Å². The third-order valence-electron chi connectivity index (χ3n) is 5.35. The molecule has 0 bridgehead atoms. The lowest BCUT2D eigenvalue weighted by atomic mass is 9.84. The third kappa shape index (κ3) is 5.22. The van der Waals surface area contributed by atoms with Crippen LogP contribution in [0.3, 0.4) is 0 Å². The van der Waals surface area contributed by atoms with Crippen LogP contribution in [0.5, 0.6) is 0 Å². The first kappa shape index (κ1) is 20.6. The maximum Gasteiger partial charge on any atom is 0.287 e. The number of nitro groups is 1. The Morgan fingerprint density at radius 2 is 1.83 bits per heavy atom. The summed E-state index contributed by atoms with van der Waals surface area (Å²) < 4.78 is 5.62. The number of benzene rings is 1. The van der Waals surface area contributed by atoms with Crippen molar-refractivity contribution in [3.63, 3.8) is 0 Å². The smallest absolute Gasteiger partial charge is 0.287 e. The molecule has 154 valence electrons. The highest BCUT2D eigenvalue weighted by Crippen LogP contribution is 2.28. The van der Waals surface area contributed by atoms with E-state index in [0.717, 1.165) is 25.7 Å². The molecule has 8 nitrogen and oxygen atoms in total. The molecule has 1 aliphatic rings. The van der Waals surface area contributed by atoms with Crippen molar-refractivity contribution in [2.24, 2.45) is 5.92 Å². The van der Waals surface area contributed by atoms with Crippen molar-refractivity contribution in [2.75, 3.05) is 7.05 Å². The summed E-state index contributed by atoms with van der Waals surface area (Å²) in [7, 11) is 1.56. The topological polar surface area (TPSA) is 114 Å². The van der Waals surface area contributed by atoms with Gasteiger partial charge in [-0.25, -0.2) is 0 Å². The Bertz CT molecular complexity index is 869. The second kappa shape index (κ2) is 9.36. The minimum Gasteiger partial charge on any atom is -0.451 e. The number of carbonyl (C=O) groups excluding carboxylic acids is 2. The molecule has 3 rings (SSSR count). The number of rotatable bonds is 7. The molecule has 0 radical (unpaired) electrons. The zero-order valence-corrected chi connectivity index (χ0v) is 16.3. The summed E-state index contributed by atoms with van der Waals surface area (Å²) in [6.07, 6.45) is 6.32. The Morgan fingerprint density at radius 3 is 2.45 bits per heavy atom. The number of amides is 2. The molecule has 1 aromatic heterocycles. The summed E-state index contributed by atoms with van der Waals surface area (Å²) in [5, 5.41) is 16.2. The number of carbonyl (C=O) groups is 2. The van der Waals surface area contributed by atoms with Gasteiger partial charge in [-0.2, -0.15) is 0 Å². The van der Waals surface area contributed by atoms with E-state index in [4.69, 9.17) is 4.42 Å². The number of hydrogen-bond acceptors (Lipinski definition) is 5. The van der Waals surface area contributed by atoms with Crippen molar-refractivity contribution in [3.8, 4) is 11.3 Å². The lowest BCUT2D eigenvalue weighted by Crippen LogP contribution is -2.46. The minimum atomic E-state index is -0.608. The van der Waals surface area contributed by atoms with E-state index in [1.54, 1.807) is 25.2 Å². The number of hydrogen-bond donors (Lipinski definition) is 2. The Labute approximate surface area is 168 Å². The van der Waals surface area contributed by atoms with E-state index in [9.17, 15) is 19.7 Å². The highest BCUT2D eigenvalue weighted by molar-refractivity contribution is 5.95. The molecule has 0 aliphatic heterocycles. The lowest BCUT2D eigenvalue weighted by molar-refractivity contribution is -0.384. The molecule has 8 heteroatoms. The molecule has 2 amide bonds. The fourth-order valence-electron chi connectivity index (χ4n) is 3.75. The normalized spacial score (nSPS) is 15.5. The van der Waals surface area contributed by atoms with E-state index in [-0.39, 0.29) is 17.4 Å². The summed E-state index contributed by atoms with van der Waals surface area (Å²) in [5.74, 6) is 0.275. The SMILES string of the molecule is CNC(=O)C(CC1CCCCC1)NC(=O)c1ccc(-c2ccc([N+](=O)[O-])cc2)o1. The number of likely N-dealkylation sites (N-methyl/N-ethyl adjacent to an activating group) is 1. The van der Waals surface area contributed by atoms with Crippen LogP contribution in [0.1, 0.15) is 49.1 Å². The van der Waals surface area contributed by atoms with Gasteiger partial charge >= 0.3 is 0 Å². The molecule has 1 saturated carbocycles. The van der Waals surface area contributed by atoms with Gasteiger partial charge in [0.25, 0.3) is 11.6 Å². The van der Waals surface area contributed by atoms with Crippen LogP contribution in [-0.4, -0.2) is 29.8 Å². The number of nitro benzene ring substituents is 1. The van der Waals surface area contributed by atoms with Gasteiger partial charge in [-0.15, -0.1) is 0 Å². The Morgan fingerprint density at radius 1 is 1.14 bits per heavy atom. The van der Waals surface area contributed by atoms with Gasteiger partial charge in [0.1, 0.15) is 11.8 Å². The van der Waals surface area contributed by atoms with Crippen LogP contribution in [0.2, 0.25) is 0 Å². The third-order valence-corrected chi connectivity index (χ3v) is 5.35. The predicted molar refractivity (Wildman–Crippen MR) is 107 cm³/mol. The standard InChI is InChI=1S/C21H25N3O5/c1-22-20(25)17(13-14-5-3-2-4-6-14)23-21(26)19-12-11-18(29-19)15-7-9-16(10-8-15)24(27)28/h7-12,14,17H,2-6,13H2,1H3,(H,22,25)(H,23,26). The monoisotopic (exact) mass is 399 g/mol. The summed E-state index contributed by atoms with van der Waals surface area (Å²) in [5.41, 5.74) is 0.606. The molecule has 1 atom stereocenters. The molecule has 1 aliphatic carbocycles. The van der Waals surface area contributed by atoms with Gasteiger partial charge in [-0.1, -0.05) is 32.1 Å². The summed E-state index contributed by atoms with van der Waals surface area (Å²) >= 11 is 0. The van der Waals surface area contributed by atoms with Gasteiger partial charge in [0.2, 0.25) is 5.91 Å². The number of non-ortho nitro benzene ring substituents is 1. The Balaban J connectivity index is 1.68. The van der Waals surface area contributed by atoms with Crippen LogP contribution < -0.4 is 10.6 Å². The first-order chi connectivity index (χ1) is 14.0. The largest absolute Gasteiger partial charge is 0.451 e. The first-order valence-electron chi connectivity index (χ1n) is 9.85. The number of nitrogens with zero attached hydrogens (tertiary/aromatic N) is 1. The van der Waals surface area contributed by atoms with Gasteiger partial charge < -0.3 is 15.1 Å². The molecule has 0 spiro atoms. The lowest BCUT2D eigenvalue weighted by Gasteiger charge is -2.26. The van der Waals surface area contributed by atoms with E-state index in [2.05, 4.69) is 10.6 Å². The second-order valence-electron chi connectivity index (χ2n) is 7.35. The second-order valence-corrected chi connectivity index (χ2v) is 7.35. The molecular formula is C21H25N3O5. The van der Waals surface area contributed by atoms with E-state index >= 15 is 0 Å². The van der Waals surface area contributed by atoms with Gasteiger partial charge in [0.05, 0.1) is 4.92 Å². The molecule has 1 unspecified atom stereocenters. The van der Waals surface area contributed by atoms with Crippen LogP contribution in [-0.2, 0) is 4.79 Å². The fraction of sp³-hybridized carbons (Fsp3) is 0.429. The number of furan rings is 1. The first-order valence-corrected chi connectivity index (χ1v) is 9.85. The average molecular weight is 399 g/mol. The van der Waals surface area contributed by atoms with Crippen molar-refractivity contribution < 1.29 is 18.9 Å². The fourth-order valence-corrected chi connectivity index (χ4v) is 3.75. The van der Waals surface area contributed by atoms with Crippen molar-refractivity contribution in [1.29, 1.82) is 0 Å². The van der Waals surface area contributed by atoms with E-state index in [1.165, 1.54) is 24.6 Å². The van der Waals surface area contributed by atoms with Crippen LogP contribution in [0.4, 0.5) is 5.69 Å². The zero-order chi connectivity index (χ0) is 20.8. The molecular weight excluding hydrogens is 374 g/mol. The number of nitrogens with one attached hydrogen (secondary N) is 2. The summed E-state index contributed by atoms with van der Waals surface area (Å²) in [6.45, 7) is 0. The van der Waals surface area contributed by atoms with Crippen molar-refractivity contribution >= 4 is 17.5 Å². The molecule has 1 heterocycles. The van der Waals surface area contributed by atoms with E-state index in [1.807, 2.05) is 0 Å². The van der Waals surface area contributed by atoms with Gasteiger partial charge in [-0.05, 0) is 36.6 Å². The molecule has 1 fully saturated rings. The maximum absolute atomic E-state index is 12.6. The Hall–Kier alpha value is -3.16. The van der Waals surface area contributed by atoms with Crippen LogP contribution in [0.25, 0.3) is 11.3 Å². The molecule has 2 N–H and O–H groups in total. The van der Waals surface area contributed by atoms with Crippen molar-refractivity contribution in [2.45, 2.75) is 44.6 Å². The molecule has 2 aromatic rings. The van der Waals surface area contributed by atoms with E-state index < -0.39 is 16.9 Å². The quantitative estimate of drug-likeness (QED) is 0.544. The maximum atomic E-state index is 12.6. The molecule has 29 heavy (non-hydrogen) atoms. The minimum absolute atomic E-state index is 0.0191. The van der Waals surface area contributed by atoms with Crippen molar-refractivity contribution in [3.05, 3.63) is 52.3 Å². The highest BCUT2D eigenvalue weighted by atomic mass is 16.6. The van der Waals surface area contributed by atoms with Gasteiger partial charge in [-0.3, -0.25) is 19.7 Å². The highest BCUT2D eigenvalue weighted by Gasteiger charge is 2.26. The van der Waals surface area contributed by atoms with Gasteiger partial charge in [0, 0.05) is 24.7 Å². The average Bonchev–Trinajstić information content (AvgIpc) is 3.24. The molecule has 0 saturated heterocycles. The summed E-state index contributed by atoms with van der Waals surface area (Å²) in [6, 6.07) is 8.44. The van der Waals surface area contributed by atoms with Crippen LogP contribution >= 0.6 is 0 Å². The van der Waals surface area contributed by atoms with Crippen LogP contribution in [0.15, 0.2) is 40.8 Å². The molecule has 1 aromatic carbocycles. The Kier molecular flexibility index (Phi) is 6.64. The zero-order valence-electron chi connectivity index (χ0n) is 16.3.